The van der Waals surface area contributed by atoms with Crippen LogP contribution in [-0.4, -0.2) is 38.0 Å². The molecule has 0 spiro atoms. The molecule has 0 aliphatic heterocycles. The standard InChI is InChI=1S/C15H19NO3S/c1-16(12-13-9-10-13)20(18,19)15-8-3-2-6-14(15)7-4-5-11-17/h2-3,6,8,13,17H,5,9-12H2,1H3. The summed E-state index contributed by atoms with van der Waals surface area (Å²) in [6, 6.07) is 6.75. The van der Waals surface area contributed by atoms with Gasteiger partial charge in [0.05, 0.1) is 11.5 Å². The smallest absolute Gasteiger partial charge is 0.244 e. The van der Waals surface area contributed by atoms with E-state index >= 15 is 0 Å². The topological polar surface area (TPSA) is 57.6 Å². The SMILES string of the molecule is CN(CC1CC1)S(=O)(=O)c1ccccc1C#CCCO. The van der Waals surface area contributed by atoms with Gasteiger partial charge in [-0.15, -0.1) is 0 Å². The number of sulfonamides is 1. The van der Waals surface area contributed by atoms with Gasteiger partial charge in [-0.1, -0.05) is 24.0 Å². The van der Waals surface area contributed by atoms with Gasteiger partial charge in [-0.05, 0) is 30.9 Å². The van der Waals surface area contributed by atoms with Crippen molar-refractivity contribution in [3.05, 3.63) is 29.8 Å². The molecule has 4 nitrogen and oxygen atoms in total. The lowest BCUT2D eigenvalue weighted by Gasteiger charge is -2.17. The Morgan fingerprint density at radius 2 is 2.05 bits per heavy atom. The van der Waals surface area contributed by atoms with Crippen molar-refractivity contribution < 1.29 is 13.5 Å². The van der Waals surface area contributed by atoms with Crippen LogP contribution in [0.15, 0.2) is 29.2 Å². The first kappa shape index (κ1) is 15.0. The zero-order chi connectivity index (χ0) is 14.6. The number of hydrogen-bond acceptors (Lipinski definition) is 3. The maximum atomic E-state index is 12.6. The minimum Gasteiger partial charge on any atom is -0.395 e. The minimum atomic E-state index is -3.49. The first-order valence-corrected chi connectivity index (χ1v) is 8.15. The second kappa shape index (κ2) is 6.40. The number of aliphatic hydroxyl groups is 1. The van der Waals surface area contributed by atoms with E-state index in [0.29, 0.717) is 24.4 Å². The molecule has 1 fully saturated rings. The van der Waals surface area contributed by atoms with E-state index in [-0.39, 0.29) is 11.5 Å². The van der Waals surface area contributed by atoms with Crippen LogP contribution in [0, 0.1) is 17.8 Å². The Morgan fingerprint density at radius 3 is 2.70 bits per heavy atom. The van der Waals surface area contributed by atoms with Crippen LogP contribution in [0.25, 0.3) is 0 Å². The summed E-state index contributed by atoms with van der Waals surface area (Å²) < 4.78 is 26.5. The van der Waals surface area contributed by atoms with Gasteiger partial charge in [-0.2, -0.15) is 0 Å². The first-order chi connectivity index (χ1) is 9.55. The van der Waals surface area contributed by atoms with E-state index in [1.807, 2.05) is 0 Å². The maximum absolute atomic E-state index is 12.6. The highest BCUT2D eigenvalue weighted by Crippen LogP contribution is 2.31. The minimum absolute atomic E-state index is 0.0243. The van der Waals surface area contributed by atoms with Crippen molar-refractivity contribution in [1.29, 1.82) is 0 Å². The third-order valence-electron chi connectivity index (χ3n) is 3.25. The lowest BCUT2D eigenvalue weighted by Crippen LogP contribution is -2.29. The van der Waals surface area contributed by atoms with Crippen LogP contribution in [-0.2, 0) is 10.0 Å². The Bertz CT molecular complexity index is 624. The quantitative estimate of drug-likeness (QED) is 0.836. The molecule has 1 aromatic carbocycles. The number of nitrogens with zero attached hydrogens (tertiary/aromatic N) is 1. The molecule has 108 valence electrons. The Balaban J connectivity index is 2.28. The summed E-state index contributed by atoms with van der Waals surface area (Å²) in [6.45, 7) is 0.546. The van der Waals surface area contributed by atoms with Crippen molar-refractivity contribution in [3.8, 4) is 11.8 Å². The second-order valence-corrected chi connectivity index (χ2v) is 7.01. The summed E-state index contributed by atoms with van der Waals surface area (Å²) in [5.41, 5.74) is 0.489. The highest BCUT2D eigenvalue weighted by atomic mass is 32.2. The van der Waals surface area contributed by atoms with Gasteiger partial charge in [-0.3, -0.25) is 0 Å². The molecule has 1 aliphatic carbocycles. The van der Waals surface area contributed by atoms with Crippen LogP contribution >= 0.6 is 0 Å². The Morgan fingerprint density at radius 1 is 1.35 bits per heavy atom. The molecular formula is C15H19NO3S. The van der Waals surface area contributed by atoms with Crippen LogP contribution in [0.2, 0.25) is 0 Å². The molecule has 1 aromatic rings. The molecule has 0 bridgehead atoms. The van der Waals surface area contributed by atoms with Crippen LogP contribution in [0.1, 0.15) is 24.8 Å². The molecule has 0 amide bonds. The van der Waals surface area contributed by atoms with Crippen molar-refractivity contribution in [3.63, 3.8) is 0 Å². The normalized spacial score (nSPS) is 14.9. The van der Waals surface area contributed by atoms with Crippen molar-refractivity contribution in [1.82, 2.24) is 4.31 Å². The summed E-state index contributed by atoms with van der Waals surface area (Å²) in [5, 5.41) is 8.74. The van der Waals surface area contributed by atoms with Gasteiger partial charge in [0.2, 0.25) is 10.0 Å². The summed E-state index contributed by atoms with van der Waals surface area (Å²) >= 11 is 0. The van der Waals surface area contributed by atoms with E-state index in [2.05, 4.69) is 11.8 Å². The van der Waals surface area contributed by atoms with Crippen molar-refractivity contribution >= 4 is 10.0 Å². The predicted octanol–water partition coefficient (Wildman–Crippen LogP) is 1.45. The Hall–Kier alpha value is -1.35. The fraction of sp³-hybridized carbons (Fsp3) is 0.467. The first-order valence-electron chi connectivity index (χ1n) is 6.71. The van der Waals surface area contributed by atoms with E-state index in [4.69, 9.17) is 5.11 Å². The fourth-order valence-electron chi connectivity index (χ4n) is 1.94. The molecule has 1 N–H and O–H groups in total. The molecule has 1 aliphatic rings. The molecule has 2 rings (SSSR count). The summed E-state index contributed by atoms with van der Waals surface area (Å²) in [4.78, 5) is 0.244. The van der Waals surface area contributed by atoms with E-state index in [9.17, 15) is 8.42 Å². The lowest BCUT2D eigenvalue weighted by molar-refractivity contribution is 0.305. The highest BCUT2D eigenvalue weighted by molar-refractivity contribution is 7.89. The zero-order valence-corrected chi connectivity index (χ0v) is 12.4. The van der Waals surface area contributed by atoms with E-state index < -0.39 is 10.0 Å². The third kappa shape index (κ3) is 3.60. The maximum Gasteiger partial charge on any atom is 0.244 e. The van der Waals surface area contributed by atoms with E-state index in [1.165, 1.54) is 4.31 Å². The summed E-state index contributed by atoms with van der Waals surface area (Å²) in [5.74, 6) is 6.10. The fourth-order valence-corrected chi connectivity index (χ4v) is 3.33. The van der Waals surface area contributed by atoms with Gasteiger partial charge >= 0.3 is 0 Å². The van der Waals surface area contributed by atoms with E-state index in [1.54, 1.807) is 31.3 Å². The Labute approximate surface area is 120 Å². The number of aliphatic hydroxyl groups excluding tert-OH is 1. The van der Waals surface area contributed by atoms with Crippen LogP contribution < -0.4 is 0 Å². The van der Waals surface area contributed by atoms with Gasteiger partial charge < -0.3 is 5.11 Å². The molecule has 0 unspecified atom stereocenters. The molecular weight excluding hydrogens is 274 g/mol. The van der Waals surface area contributed by atoms with Gasteiger partial charge in [0.1, 0.15) is 0 Å². The van der Waals surface area contributed by atoms with E-state index in [0.717, 1.165) is 12.8 Å². The molecule has 0 radical (unpaired) electrons. The van der Waals surface area contributed by atoms with Crippen LogP contribution in [0.3, 0.4) is 0 Å². The van der Waals surface area contributed by atoms with Crippen LogP contribution in [0.4, 0.5) is 0 Å². The summed E-state index contributed by atoms with van der Waals surface area (Å²) in [7, 11) is -1.88. The second-order valence-electron chi connectivity index (χ2n) is 5.00. The lowest BCUT2D eigenvalue weighted by atomic mass is 10.2. The van der Waals surface area contributed by atoms with Crippen molar-refractivity contribution in [2.45, 2.75) is 24.2 Å². The van der Waals surface area contributed by atoms with Gasteiger partial charge in [-0.25, -0.2) is 12.7 Å². The zero-order valence-electron chi connectivity index (χ0n) is 11.5. The number of benzene rings is 1. The largest absolute Gasteiger partial charge is 0.395 e. The molecule has 20 heavy (non-hydrogen) atoms. The van der Waals surface area contributed by atoms with Crippen LogP contribution in [0.5, 0.6) is 0 Å². The highest BCUT2D eigenvalue weighted by Gasteiger charge is 2.30. The average Bonchev–Trinajstić information content (AvgIpc) is 3.23. The molecule has 0 heterocycles. The third-order valence-corrected chi connectivity index (χ3v) is 5.13. The van der Waals surface area contributed by atoms with Gasteiger partial charge in [0, 0.05) is 25.6 Å². The Kier molecular flexibility index (Phi) is 4.81. The predicted molar refractivity (Wildman–Crippen MR) is 77.6 cm³/mol. The molecule has 5 heteroatoms. The van der Waals surface area contributed by atoms with Gasteiger partial charge in [0.15, 0.2) is 0 Å². The van der Waals surface area contributed by atoms with Crippen molar-refractivity contribution in [2.75, 3.05) is 20.2 Å². The number of rotatable bonds is 5. The summed E-state index contributed by atoms with van der Waals surface area (Å²) in [6.07, 6.45) is 2.56. The van der Waals surface area contributed by atoms with Gasteiger partial charge in [0.25, 0.3) is 0 Å². The monoisotopic (exact) mass is 293 g/mol. The molecule has 0 aromatic heterocycles. The molecule has 1 saturated carbocycles. The average molecular weight is 293 g/mol. The molecule has 0 atom stereocenters. The number of hydrogen-bond donors (Lipinski definition) is 1. The van der Waals surface area contributed by atoms with Crippen molar-refractivity contribution in [2.24, 2.45) is 5.92 Å². The molecule has 0 saturated heterocycles.